The summed E-state index contributed by atoms with van der Waals surface area (Å²) in [6.07, 6.45) is 4.67. The molecule has 8 rings (SSSR count). The van der Waals surface area contributed by atoms with Gasteiger partial charge in [-0.3, -0.25) is 34.3 Å². The number of likely N-dealkylation sites (N-methyl/N-ethyl adjacent to an activating group) is 1. The lowest BCUT2D eigenvalue weighted by molar-refractivity contribution is -0.136. The summed E-state index contributed by atoms with van der Waals surface area (Å²) < 4.78 is 14.6. The van der Waals surface area contributed by atoms with Crippen LogP contribution in [0, 0.1) is 5.92 Å². The standard InChI is InChI=1S/C46H48BrN5O7S.C3H8/c1-49(40-14-15-42(55)48-45(40)56)46(57)38-12-6-34(26-32(38)29-53)52-22-20-51(21-23-52)28-30-16-18-50(19-17-30)24-25-58-36-8-10-37(11-9-36)59-43-39-13-7-35(54)27-41(39)60-44(43)31-2-4-33(47)5-3-31;1-3-2/h2-13,26-27,29-30,40,54H,14-25,28H2,1H3,(H,48,55,56);3H2,1-2H3. The minimum Gasteiger partial charge on any atom is -0.508 e. The molecule has 3 fully saturated rings. The van der Waals surface area contributed by atoms with Crippen molar-refractivity contribution in [1.29, 1.82) is 0 Å². The first kappa shape index (κ1) is 45.7. The molecule has 63 heavy (non-hydrogen) atoms. The van der Waals surface area contributed by atoms with E-state index >= 15 is 0 Å². The van der Waals surface area contributed by atoms with Crippen LogP contribution in [0.25, 0.3) is 20.5 Å². The minimum absolute atomic E-state index is 0.170. The first-order chi connectivity index (χ1) is 30.5. The number of hydrogen-bond donors (Lipinski definition) is 2. The summed E-state index contributed by atoms with van der Waals surface area (Å²) in [7, 11) is 1.53. The molecular formula is C49H56BrN5O7S. The van der Waals surface area contributed by atoms with Crippen molar-refractivity contribution in [1.82, 2.24) is 20.0 Å². The number of thiophene rings is 1. The van der Waals surface area contributed by atoms with Gasteiger partial charge in [0.25, 0.3) is 5.91 Å². The number of hydrogen-bond acceptors (Lipinski definition) is 11. The fourth-order valence-electron chi connectivity index (χ4n) is 8.34. The predicted molar refractivity (Wildman–Crippen MR) is 253 cm³/mol. The summed E-state index contributed by atoms with van der Waals surface area (Å²) >= 11 is 5.12. The summed E-state index contributed by atoms with van der Waals surface area (Å²) in [6, 6.07) is 25.8. The Kier molecular flexibility index (Phi) is 15.5. The number of aldehydes is 1. The highest BCUT2D eigenvalue weighted by atomic mass is 79.9. The second-order valence-corrected chi connectivity index (χ2v) is 18.4. The van der Waals surface area contributed by atoms with Crippen molar-refractivity contribution >= 4 is 67.0 Å². The van der Waals surface area contributed by atoms with Gasteiger partial charge in [-0.1, -0.05) is 48.3 Å². The molecule has 1 aromatic heterocycles. The van der Waals surface area contributed by atoms with E-state index in [1.165, 1.54) is 18.4 Å². The van der Waals surface area contributed by atoms with Crippen LogP contribution in [0.5, 0.6) is 23.0 Å². The number of piperidine rings is 2. The van der Waals surface area contributed by atoms with Crippen LogP contribution < -0.4 is 19.7 Å². The van der Waals surface area contributed by atoms with E-state index in [9.17, 15) is 24.3 Å². The first-order valence-electron chi connectivity index (χ1n) is 21.8. The third kappa shape index (κ3) is 11.5. The summed E-state index contributed by atoms with van der Waals surface area (Å²) in [5, 5.41) is 13.3. The van der Waals surface area contributed by atoms with Crippen molar-refractivity contribution in [3.05, 3.63) is 101 Å². The Morgan fingerprint density at radius 1 is 0.889 bits per heavy atom. The molecule has 0 bridgehead atoms. The average molecular weight is 939 g/mol. The van der Waals surface area contributed by atoms with Gasteiger partial charge in [0.2, 0.25) is 11.8 Å². The number of benzene rings is 4. The molecule has 0 aliphatic carbocycles. The molecule has 4 aromatic carbocycles. The third-order valence-electron chi connectivity index (χ3n) is 11.8. The van der Waals surface area contributed by atoms with Crippen molar-refractivity contribution in [2.24, 2.45) is 5.92 Å². The van der Waals surface area contributed by atoms with E-state index in [1.807, 2.05) is 48.5 Å². The van der Waals surface area contributed by atoms with Crippen molar-refractivity contribution in [2.75, 3.05) is 70.9 Å². The van der Waals surface area contributed by atoms with Crippen LogP contribution in [0.3, 0.4) is 0 Å². The topological polar surface area (TPSA) is 132 Å². The Morgan fingerprint density at radius 3 is 2.27 bits per heavy atom. The van der Waals surface area contributed by atoms with E-state index in [0.29, 0.717) is 24.6 Å². The summed E-state index contributed by atoms with van der Waals surface area (Å²) in [5.74, 6) is 1.89. The largest absolute Gasteiger partial charge is 0.508 e. The molecule has 1 unspecified atom stereocenters. The Labute approximate surface area is 381 Å². The number of phenolic OH excluding ortho intramolecular Hbond substituents is 1. The van der Waals surface area contributed by atoms with E-state index in [1.54, 1.807) is 35.6 Å². The number of halogens is 1. The predicted octanol–water partition coefficient (Wildman–Crippen LogP) is 8.85. The number of phenols is 1. The molecule has 0 radical (unpaired) electrons. The number of nitrogens with zero attached hydrogens (tertiary/aromatic N) is 4. The van der Waals surface area contributed by atoms with Gasteiger partial charge in [-0.15, -0.1) is 11.3 Å². The van der Waals surface area contributed by atoms with Crippen LogP contribution in [0.4, 0.5) is 5.69 Å². The lowest BCUT2D eigenvalue weighted by Crippen LogP contribution is -2.53. The van der Waals surface area contributed by atoms with Gasteiger partial charge in [-0.25, -0.2) is 0 Å². The molecule has 1 atom stereocenters. The molecule has 3 aliphatic heterocycles. The zero-order chi connectivity index (χ0) is 44.5. The van der Waals surface area contributed by atoms with Crippen molar-refractivity contribution in [3.8, 4) is 33.4 Å². The zero-order valence-corrected chi connectivity index (χ0v) is 38.6. The van der Waals surface area contributed by atoms with Gasteiger partial charge in [0.05, 0.1) is 10.4 Å². The molecule has 3 aliphatic rings. The SMILES string of the molecule is CCC.CN(C(=O)c1ccc(N2CCN(CC3CCN(CCOc4ccc(Oc5c(-c6ccc(Br)cc6)sc6cc(O)ccc56)cc4)CC3)CC2)cc1C=O)C1CCC(=O)NC1=O. The number of carbonyl (C=O) groups excluding carboxylic acids is 4. The molecule has 5 aromatic rings. The van der Waals surface area contributed by atoms with Crippen LogP contribution in [0.2, 0.25) is 0 Å². The number of ether oxygens (including phenoxy) is 2. The highest BCUT2D eigenvalue weighted by Crippen LogP contribution is 2.47. The Balaban J connectivity index is 0.00000193. The number of fused-ring (bicyclic) bond motifs is 1. The lowest BCUT2D eigenvalue weighted by atomic mass is 9.96. The molecular weight excluding hydrogens is 883 g/mol. The smallest absolute Gasteiger partial charge is 0.255 e. The molecule has 2 N–H and O–H groups in total. The maximum Gasteiger partial charge on any atom is 0.255 e. The normalized spacial score (nSPS) is 17.5. The maximum absolute atomic E-state index is 13.3. The number of amides is 3. The fraction of sp³-hybridized carbons (Fsp3) is 0.388. The number of rotatable bonds is 13. The number of piperazine rings is 1. The van der Waals surface area contributed by atoms with E-state index < -0.39 is 17.9 Å². The van der Waals surface area contributed by atoms with Gasteiger partial charge in [0.1, 0.15) is 29.9 Å². The number of likely N-dealkylation sites (tertiary alicyclic amines) is 1. The van der Waals surface area contributed by atoms with Crippen LogP contribution in [0.1, 0.15) is 66.7 Å². The summed E-state index contributed by atoms with van der Waals surface area (Å²) in [5.41, 5.74) is 2.48. The van der Waals surface area contributed by atoms with Gasteiger partial charge < -0.3 is 24.4 Å². The van der Waals surface area contributed by atoms with Gasteiger partial charge in [0, 0.05) is 78.5 Å². The summed E-state index contributed by atoms with van der Waals surface area (Å²) in [6.45, 7) is 12.4. The van der Waals surface area contributed by atoms with E-state index in [2.05, 4.69) is 61.9 Å². The second-order valence-electron chi connectivity index (χ2n) is 16.4. The van der Waals surface area contributed by atoms with Crippen LogP contribution in [-0.4, -0.2) is 116 Å². The maximum atomic E-state index is 13.3. The first-order valence-corrected chi connectivity index (χ1v) is 23.5. The third-order valence-corrected chi connectivity index (χ3v) is 13.5. The van der Waals surface area contributed by atoms with Crippen LogP contribution >= 0.6 is 27.3 Å². The fourth-order valence-corrected chi connectivity index (χ4v) is 9.77. The highest BCUT2D eigenvalue weighted by molar-refractivity contribution is 9.10. The molecule has 3 saturated heterocycles. The average Bonchev–Trinajstić information content (AvgIpc) is 3.64. The number of anilines is 1. The Bertz CT molecular complexity index is 2370. The Hall–Kier alpha value is -5.28. The lowest BCUT2D eigenvalue weighted by Gasteiger charge is -2.39. The van der Waals surface area contributed by atoms with Gasteiger partial charge >= 0.3 is 0 Å². The molecule has 4 heterocycles. The van der Waals surface area contributed by atoms with Crippen LogP contribution in [-0.2, 0) is 9.59 Å². The number of imide groups is 1. The monoisotopic (exact) mass is 937 g/mol. The van der Waals surface area contributed by atoms with Crippen molar-refractivity contribution < 1.29 is 33.8 Å². The second kappa shape index (κ2) is 21.4. The molecule has 332 valence electrons. The molecule has 0 spiro atoms. The van der Waals surface area contributed by atoms with E-state index in [-0.39, 0.29) is 35.6 Å². The molecule has 0 saturated carbocycles. The van der Waals surface area contributed by atoms with E-state index in [4.69, 9.17) is 9.47 Å². The minimum atomic E-state index is -0.753. The van der Waals surface area contributed by atoms with Gasteiger partial charge in [0.15, 0.2) is 12.0 Å². The quantitative estimate of drug-likeness (QED) is 0.0872. The zero-order valence-electron chi connectivity index (χ0n) is 36.2. The van der Waals surface area contributed by atoms with Crippen molar-refractivity contribution in [3.63, 3.8) is 0 Å². The van der Waals surface area contributed by atoms with Crippen LogP contribution in [0.15, 0.2) is 89.4 Å². The van der Waals surface area contributed by atoms with Gasteiger partial charge in [-0.05, 0) is 117 Å². The highest BCUT2D eigenvalue weighted by Gasteiger charge is 2.33. The number of nitrogens with one attached hydrogen (secondary N) is 1. The Morgan fingerprint density at radius 2 is 1.59 bits per heavy atom. The molecule has 12 nitrogen and oxygen atoms in total. The summed E-state index contributed by atoms with van der Waals surface area (Å²) in [4.78, 5) is 58.9. The number of carbonyl (C=O) groups is 4. The number of aromatic hydroxyl groups is 1. The molecule has 3 amide bonds. The van der Waals surface area contributed by atoms with Crippen molar-refractivity contribution in [2.45, 2.75) is 52.0 Å². The van der Waals surface area contributed by atoms with E-state index in [0.717, 1.165) is 107 Å². The van der Waals surface area contributed by atoms with Gasteiger partial charge in [-0.2, -0.15) is 0 Å². The molecule has 14 heteroatoms.